The van der Waals surface area contributed by atoms with E-state index in [9.17, 15) is 4.79 Å². The topological polar surface area (TPSA) is 60.5 Å². The first-order valence-electron chi connectivity index (χ1n) is 8.47. The lowest BCUT2D eigenvalue weighted by molar-refractivity contribution is 0.0949. The number of fused-ring (bicyclic) bond motifs is 1. The van der Waals surface area contributed by atoms with Gasteiger partial charge in [-0.25, -0.2) is 4.98 Å². The number of carbonyl (C=O) groups is 1. The van der Waals surface area contributed by atoms with Crippen LogP contribution in [0.3, 0.4) is 0 Å². The average molecular weight is 350 g/mol. The fourth-order valence-electron chi connectivity index (χ4n) is 2.86. The van der Waals surface area contributed by atoms with Crippen LogP contribution in [0.4, 0.5) is 0 Å². The lowest BCUT2D eigenvalue weighted by atomic mass is 10.1. The van der Waals surface area contributed by atoms with Crippen molar-refractivity contribution in [2.75, 3.05) is 20.8 Å². The highest BCUT2D eigenvalue weighted by Crippen LogP contribution is 2.21. The third-order valence-corrected chi connectivity index (χ3v) is 4.24. The van der Waals surface area contributed by atoms with Crippen molar-refractivity contribution in [2.45, 2.75) is 13.3 Å². The van der Waals surface area contributed by atoms with E-state index in [0.29, 0.717) is 18.7 Å². The zero-order valence-electron chi connectivity index (χ0n) is 15.2. The van der Waals surface area contributed by atoms with Crippen LogP contribution in [0.15, 0.2) is 48.5 Å². The molecule has 2 aromatic carbocycles. The first-order valence-corrected chi connectivity index (χ1v) is 8.47. The molecule has 134 valence electrons. The van der Waals surface area contributed by atoms with Gasteiger partial charge in [0.25, 0.3) is 5.91 Å². The van der Waals surface area contributed by atoms with E-state index in [4.69, 9.17) is 9.47 Å². The fraction of sp³-hybridized carbons (Fsp3) is 0.238. The molecular weight excluding hydrogens is 328 g/mol. The molecule has 26 heavy (non-hydrogen) atoms. The second kappa shape index (κ2) is 7.87. The molecule has 0 atom stereocenters. The summed E-state index contributed by atoms with van der Waals surface area (Å²) in [5, 5.41) is 3.86. The third-order valence-electron chi connectivity index (χ3n) is 4.24. The number of hydrogen-bond acceptors (Lipinski definition) is 4. The van der Waals surface area contributed by atoms with Crippen molar-refractivity contribution in [1.29, 1.82) is 0 Å². The molecular formula is C21H22N2O3. The number of nitrogens with zero attached hydrogens (tertiary/aromatic N) is 1. The Kier molecular flexibility index (Phi) is 5.37. The summed E-state index contributed by atoms with van der Waals surface area (Å²) >= 11 is 0. The number of ether oxygens (including phenoxy) is 2. The van der Waals surface area contributed by atoms with Crippen molar-refractivity contribution >= 4 is 16.8 Å². The van der Waals surface area contributed by atoms with Crippen LogP contribution in [0.2, 0.25) is 0 Å². The Balaban J connectivity index is 1.67. The summed E-state index contributed by atoms with van der Waals surface area (Å²) in [6.45, 7) is 2.55. The van der Waals surface area contributed by atoms with Gasteiger partial charge in [0, 0.05) is 11.9 Å². The van der Waals surface area contributed by atoms with Crippen LogP contribution in [-0.2, 0) is 6.42 Å². The minimum absolute atomic E-state index is 0.186. The summed E-state index contributed by atoms with van der Waals surface area (Å²) in [4.78, 5) is 16.8. The van der Waals surface area contributed by atoms with Crippen LogP contribution in [0, 0.1) is 6.92 Å². The van der Waals surface area contributed by atoms with Crippen LogP contribution in [0.5, 0.6) is 11.5 Å². The molecule has 3 rings (SSSR count). The predicted molar refractivity (Wildman–Crippen MR) is 102 cm³/mol. The molecule has 1 amide bonds. The number of nitrogens with one attached hydrogen (secondary N) is 1. The summed E-state index contributed by atoms with van der Waals surface area (Å²) in [7, 11) is 3.28. The van der Waals surface area contributed by atoms with Gasteiger partial charge in [-0.1, -0.05) is 23.8 Å². The van der Waals surface area contributed by atoms with Gasteiger partial charge in [-0.3, -0.25) is 4.79 Å². The molecule has 0 saturated carbocycles. The number of aryl methyl sites for hydroxylation is 1. The van der Waals surface area contributed by atoms with E-state index in [0.717, 1.165) is 28.0 Å². The van der Waals surface area contributed by atoms with Gasteiger partial charge in [0.2, 0.25) is 0 Å². The van der Waals surface area contributed by atoms with Crippen molar-refractivity contribution in [3.63, 3.8) is 0 Å². The van der Waals surface area contributed by atoms with Crippen molar-refractivity contribution in [3.05, 3.63) is 65.4 Å². The lowest BCUT2D eigenvalue weighted by Crippen LogP contribution is -2.26. The molecule has 0 radical (unpaired) electrons. The molecule has 0 fully saturated rings. The minimum Gasteiger partial charge on any atom is -0.497 e. The quantitative estimate of drug-likeness (QED) is 0.739. The molecule has 0 saturated heterocycles. The molecule has 0 bridgehead atoms. The van der Waals surface area contributed by atoms with E-state index in [-0.39, 0.29) is 5.91 Å². The average Bonchev–Trinajstić information content (AvgIpc) is 2.67. The van der Waals surface area contributed by atoms with E-state index < -0.39 is 0 Å². The number of pyridine rings is 1. The van der Waals surface area contributed by atoms with Gasteiger partial charge in [0.1, 0.15) is 17.2 Å². The van der Waals surface area contributed by atoms with E-state index in [1.54, 1.807) is 20.3 Å². The fourth-order valence-corrected chi connectivity index (χ4v) is 2.86. The van der Waals surface area contributed by atoms with Crippen LogP contribution < -0.4 is 14.8 Å². The van der Waals surface area contributed by atoms with E-state index in [1.807, 2.05) is 43.3 Å². The lowest BCUT2D eigenvalue weighted by Gasteiger charge is -2.10. The van der Waals surface area contributed by atoms with Crippen molar-refractivity contribution < 1.29 is 14.3 Å². The Labute approximate surface area is 153 Å². The highest BCUT2D eigenvalue weighted by Gasteiger charge is 2.09. The van der Waals surface area contributed by atoms with Gasteiger partial charge in [-0.05, 0) is 49.2 Å². The SMILES string of the molecule is COc1ccc2nc(C(=O)NCCc3cc(C)ccc3OC)ccc2c1. The van der Waals surface area contributed by atoms with Crippen LogP contribution in [0.25, 0.3) is 10.9 Å². The number of aromatic nitrogens is 1. The molecule has 1 aromatic heterocycles. The minimum atomic E-state index is -0.186. The van der Waals surface area contributed by atoms with Gasteiger partial charge in [-0.2, -0.15) is 0 Å². The molecule has 0 aliphatic rings. The smallest absolute Gasteiger partial charge is 0.269 e. The Morgan fingerprint density at radius 1 is 1.04 bits per heavy atom. The number of methoxy groups -OCH3 is 2. The zero-order chi connectivity index (χ0) is 18.5. The Morgan fingerprint density at radius 2 is 1.88 bits per heavy atom. The van der Waals surface area contributed by atoms with Crippen molar-refractivity contribution in [2.24, 2.45) is 0 Å². The maximum Gasteiger partial charge on any atom is 0.269 e. The summed E-state index contributed by atoms with van der Waals surface area (Å²) in [6.07, 6.45) is 0.696. The third kappa shape index (κ3) is 3.94. The van der Waals surface area contributed by atoms with Crippen LogP contribution in [0.1, 0.15) is 21.6 Å². The Bertz CT molecular complexity index is 938. The second-order valence-corrected chi connectivity index (χ2v) is 6.08. The van der Waals surface area contributed by atoms with Gasteiger partial charge in [0.05, 0.1) is 19.7 Å². The van der Waals surface area contributed by atoms with Crippen molar-refractivity contribution in [1.82, 2.24) is 10.3 Å². The zero-order valence-corrected chi connectivity index (χ0v) is 15.2. The van der Waals surface area contributed by atoms with E-state index >= 15 is 0 Å². The van der Waals surface area contributed by atoms with Gasteiger partial charge < -0.3 is 14.8 Å². The maximum atomic E-state index is 12.4. The largest absolute Gasteiger partial charge is 0.497 e. The summed E-state index contributed by atoms with van der Waals surface area (Å²) in [6, 6.07) is 15.2. The molecule has 1 heterocycles. The van der Waals surface area contributed by atoms with Gasteiger partial charge in [-0.15, -0.1) is 0 Å². The molecule has 0 aliphatic heterocycles. The molecule has 5 heteroatoms. The predicted octanol–water partition coefficient (Wildman–Crippen LogP) is 3.53. The first kappa shape index (κ1) is 17.7. The summed E-state index contributed by atoms with van der Waals surface area (Å²) < 4.78 is 10.6. The first-order chi connectivity index (χ1) is 12.6. The standard InChI is InChI=1S/C21H22N2O3/c1-14-4-9-20(26-3)16(12-14)10-11-22-21(24)19-7-5-15-13-17(25-2)6-8-18(15)23-19/h4-9,12-13H,10-11H2,1-3H3,(H,22,24). The molecule has 5 nitrogen and oxygen atoms in total. The number of amides is 1. The molecule has 0 spiro atoms. The number of benzene rings is 2. The number of hydrogen-bond donors (Lipinski definition) is 1. The maximum absolute atomic E-state index is 12.4. The van der Waals surface area contributed by atoms with E-state index in [1.165, 1.54) is 5.56 Å². The highest BCUT2D eigenvalue weighted by atomic mass is 16.5. The van der Waals surface area contributed by atoms with Gasteiger partial charge in [0.15, 0.2) is 0 Å². The monoisotopic (exact) mass is 350 g/mol. The van der Waals surface area contributed by atoms with Gasteiger partial charge >= 0.3 is 0 Å². The van der Waals surface area contributed by atoms with E-state index in [2.05, 4.69) is 16.4 Å². The number of carbonyl (C=O) groups excluding carboxylic acids is 1. The summed E-state index contributed by atoms with van der Waals surface area (Å²) in [5.41, 5.74) is 3.41. The Morgan fingerprint density at radius 3 is 2.65 bits per heavy atom. The normalized spacial score (nSPS) is 10.6. The van der Waals surface area contributed by atoms with Crippen LogP contribution in [-0.4, -0.2) is 31.7 Å². The van der Waals surface area contributed by atoms with Crippen LogP contribution >= 0.6 is 0 Å². The summed E-state index contributed by atoms with van der Waals surface area (Å²) in [5.74, 6) is 1.42. The highest BCUT2D eigenvalue weighted by molar-refractivity contribution is 5.95. The molecule has 1 N–H and O–H groups in total. The van der Waals surface area contributed by atoms with Crippen molar-refractivity contribution in [3.8, 4) is 11.5 Å². The Hall–Kier alpha value is -3.08. The second-order valence-electron chi connectivity index (χ2n) is 6.08. The molecule has 0 aliphatic carbocycles. The number of rotatable bonds is 6. The molecule has 0 unspecified atom stereocenters. The molecule has 3 aromatic rings.